The van der Waals surface area contributed by atoms with E-state index in [2.05, 4.69) is 10.4 Å². The molecule has 0 aromatic carbocycles. The van der Waals surface area contributed by atoms with Crippen LogP contribution in [0.1, 0.15) is 24.1 Å². The summed E-state index contributed by atoms with van der Waals surface area (Å²) < 4.78 is 1.84. The van der Waals surface area contributed by atoms with Gasteiger partial charge >= 0.3 is 0 Å². The smallest absolute Gasteiger partial charge is 0.236 e. The van der Waals surface area contributed by atoms with Crippen molar-refractivity contribution >= 4 is 5.91 Å². The molecule has 1 aliphatic rings. The number of hydrogen-bond donors (Lipinski definition) is 1. The number of likely N-dealkylation sites (N-methyl/N-ethyl adjacent to an activating group) is 1. The van der Waals surface area contributed by atoms with Gasteiger partial charge in [-0.25, -0.2) is 0 Å². The summed E-state index contributed by atoms with van der Waals surface area (Å²) in [4.78, 5) is 13.6. The molecule has 1 aromatic heterocycles. The van der Waals surface area contributed by atoms with Gasteiger partial charge in [-0.1, -0.05) is 0 Å². The fraction of sp³-hybridized carbons (Fsp3) is 0.667. The molecule has 1 saturated carbocycles. The second-order valence-corrected chi connectivity index (χ2v) is 4.72. The van der Waals surface area contributed by atoms with Crippen LogP contribution in [0.3, 0.4) is 0 Å². The Morgan fingerprint density at radius 1 is 1.65 bits per heavy atom. The number of carbonyl (C=O) groups excluding carboxylic acids is 1. The number of aromatic nitrogens is 2. The Balaban J connectivity index is 1.75. The lowest BCUT2D eigenvalue weighted by Gasteiger charge is -2.16. The first-order valence-corrected chi connectivity index (χ1v) is 6.03. The van der Waals surface area contributed by atoms with Crippen molar-refractivity contribution in [3.05, 3.63) is 17.5 Å². The Morgan fingerprint density at radius 2 is 2.35 bits per heavy atom. The zero-order valence-electron chi connectivity index (χ0n) is 10.7. The van der Waals surface area contributed by atoms with Gasteiger partial charge in [-0.15, -0.1) is 0 Å². The molecule has 1 N–H and O–H groups in total. The summed E-state index contributed by atoms with van der Waals surface area (Å²) in [5.74, 6) is 0.175. The van der Waals surface area contributed by atoms with Crippen LogP contribution in [-0.4, -0.2) is 40.2 Å². The number of nitrogens with one attached hydrogen (secondary N) is 1. The minimum Gasteiger partial charge on any atom is -0.342 e. The van der Waals surface area contributed by atoms with Gasteiger partial charge in [0.25, 0.3) is 0 Å². The van der Waals surface area contributed by atoms with Crippen LogP contribution in [0.2, 0.25) is 0 Å². The van der Waals surface area contributed by atoms with Gasteiger partial charge in [0, 0.05) is 37.9 Å². The van der Waals surface area contributed by atoms with Crippen LogP contribution in [0, 0.1) is 6.92 Å². The summed E-state index contributed by atoms with van der Waals surface area (Å²) in [5, 5.41) is 7.34. The first kappa shape index (κ1) is 12.1. The van der Waals surface area contributed by atoms with Gasteiger partial charge in [0.2, 0.25) is 5.91 Å². The molecule has 5 heteroatoms. The number of amides is 1. The highest BCUT2D eigenvalue weighted by atomic mass is 16.2. The first-order chi connectivity index (χ1) is 8.09. The predicted octanol–water partition coefficient (Wildman–Crippen LogP) is 0.439. The van der Waals surface area contributed by atoms with E-state index in [9.17, 15) is 4.79 Å². The van der Waals surface area contributed by atoms with Crippen LogP contribution < -0.4 is 5.32 Å². The molecule has 0 spiro atoms. The fourth-order valence-electron chi connectivity index (χ4n) is 1.81. The normalized spacial score (nSPS) is 15.0. The van der Waals surface area contributed by atoms with E-state index >= 15 is 0 Å². The third kappa shape index (κ3) is 2.85. The summed E-state index contributed by atoms with van der Waals surface area (Å²) >= 11 is 0. The Bertz CT molecular complexity index is 409. The standard InChI is InChI=1S/C12H20N4O/c1-9-10(7-14-16(9)3)6-13-8-12(17)15(2)11-4-5-11/h7,11,13H,4-6,8H2,1-3H3. The number of hydrogen-bond acceptors (Lipinski definition) is 3. The Morgan fingerprint density at radius 3 is 2.88 bits per heavy atom. The Kier molecular flexibility index (Phi) is 3.47. The van der Waals surface area contributed by atoms with E-state index in [0.29, 0.717) is 19.1 Å². The molecular weight excluding hydrogens is 216 g/mol. The molecule has 1 aliphatic carbocycles. The maximum absolute atomic E-state index is 11.7. The molecular formula is C12H20N4O. The molecule has 1 heterocycles. The molecule has 0 aliphatic heterocycles. The first-order valence-electron chi connectivity index (χ1n) is 6.03. The SMILES string of the molecule is Cc1c(CNCC(=O)N(C)C2CC2)cnn1C. The summed E-state index contributed by atoms with van der Waals surface area (Å²) in [6.07, 6.45) is 4.16. The number of rotatable bonds is 5. The van der Waals surface area contributed by atoms with Crippen molar-refractivity contribution in [2.45, 2.75) is 32.4 Å². The average molecular weight is 236 g/mol. The van der Waals surface area contributed by atoms with Gasteiger partial charge < -0.3 is 10.2 Å². The molecule has 0 saturated heterocycles. The van der Waals surface area contributed by atoms with Crippen LogP contribution in [0.25, 0.3) is 0 Å². The van der Waals surface area contributed by atoms with E-state index in [1.54, 1.807) is 0 Å². The second kappa shape index (κ2) is 4.87. The zero-order valence-corrected chi connectivity index (χ0v) is 10.7. The van der Waals surface area contributed by atoms with Crippen molar-refractivity contribution < 1.29 is 4.79 Å². The topological polar surface area (TPSA) is 50.2 Å². The van der Waals surface area contributed by atoms with Crippen LogP contribution in [0.4, 0.5) is 0 Å². The van der Waals surface area contributed by atoms with E-state index in [0.717, 1.165) is 24.1 Å². The lowest BCUT2D eigenvalue weighted by atomic mass is 10.2. The molecule has 5 nitrogen and oxygen atoms in total. The Hall–Kier alpha value is -1.36. The van der Waals surface area contributed by atoms with E-state index < -0.39 is 0 Å². The summed E-state index contributed by atoms with van der Waals surface area (Å²) in [5.41, 5.74) is 2.29. The average Bonchev–Trinajstić information content (AvgIpc) is 3.10. The third-order valence-corrected chi connectivity index (χ3v) is 3.42. The minimum atomic E-state index is 0.175. The summed E-state index contributed by atoms with van der Waals surface area (Å²) in [6, 6.07) is 0.490. The van der Waals surface area contributed by atoms with E-state index in [1.807, 2.05) is 36.8 Å². The molecule has 94 valence electrons. The lowest BCUT2D eigenvalue weighted by Crippen LogP contribution is -2.36. The highest BCUT2D eigenvalue weighted by Crippen LogP contribution is 2.25. The molecule has 0 radical (unpaired) electrons. The van der Waals surface area contributed by atoms with Gasteiger partial charge in [-0.2, -0.15) is 5.10 Å². The molecule has 1 amide bonds. The van der Waals surface area contributed by atoms with Gasteiger partial charge in [-0.05, 0) is 19.8 Å². The largest absolute Gasteiger partial charge is 0.342 e. The summed E-state index contributed by atoms with van der Waals surface area (Å²) in [7, 11) is 3.81. The number of carbonyl (C=O) groups is 1. The van der Waals surface area contributed by atoms with Crippen LogP contribution in [0.15, 0.2) is 6.20 Å². The molecule has 2 rings (SSSR count). The molecule has 1 fully saturated rings. The Labute approximate surface area is 102 Å². The van der Waals surface area contributed by atoms with E-state index in [4.69, 9.17) is 0 Å². The number of aryl methyl sites for hydroxylation is 1. The van der Waals surface area contributed by atoms with Crippen molar-refractivity contribution in [3.8, 4) is 0 Å². The minimum absolute atomic E-state index is 0.175. The second-order valence-electron chi connectivity index (χ2n) is 4.72. The molecule has 0 bridgehead atoms. The van der Waals surface area contributed by atoms with Gasteiger partial charge in [0.15, 0.2) is 0 Å². The van der Waals surface area contributed by atoms with Crippen molar-refractivity contribution in [2.75, 3.05) is 13.6 Å². The molecule has 0 unspecified atom stereocenters. The van der Waals surface area contributed by atoms with Crippen LogP contribution >= 0.6 is 0 Å². The lowest BCUT2D eigenvalue weighted by molar-refractivity contribution is -0.129. The van der Waals surface area contributed by atoms with E-state index in [1.165, 1.54) is 0 Å². The molecule has 17 heavy (non-hydrogen) atoms. The summed E-state index contributed by atoms with van der Waals surface area (Å²) in [6.45, 7) is 3.13. The van der Waals surface area contributed by atoms with Crippen LogP contribution in [0.5, 0.6) is 0 Å². The van der Waals surface area contributed by atoms with Gasteiger partial charge in [0.1, 0.15) is 0 Å². The van der Waals surface area contributed by atoms with Crippen LogP contribution in [-0.2, 0) is 18.4 Å². The van der Waals surface area contributed by atoms with Crippen molar-refractivity contribution in [1.82, 2.24) is 20.0 Å². The fourth-order valence-corrected chi connectivity index (χ4v) is 1.81. The van der Waals surface area contributed by atoms with Gasteiger partial charge in [-0.3, -0.25) is 9.48 Å². The maximum atomic E-state index is 11.7. The quantitative estimate of drug-likeness (QED) is 0.807. The molecule has 0 atom stereocenters. The van der Waals surface area contributed by atoms with E-state index in [-0.39, 0.29) is 5.91 Å². The monoisotopic (exact) mass is 236 g/mol. The number of nitrogens with zero attached hydrogens (tertiary/aromatic N) is 3. The highest BCUT2D eigenvalue weighted by Gasteiger charge is 2.28. The van der Waals surface area contributed by atoms with Gasteiger partial charge in [0.05, 0.1) is 12.7 Å². The molecule has 1 aromatic rings. The maximum Gasteiger partial charge on any atom is 0.236 e. The van der Waals surface area contributed by atoms with Crippen molar-refractivity contribution in [1.29, 1.82) is 0 Å². The van der Waals surface area contributed by atoms with Crippen molar-refractivity contribution in [2.24, 2.45) is 7.05 Å². The predicted molar refractivity (Wildman–Crippen MR) is 65.4 cm³/mol. The zero-order chi connectivity index (χ0) is 12.4. The third-order valence-electron chi connectivity index (χ3n) is 3.42. The highest BCUT2D eigenvalue weighted by molar-refractivity contribution is 5.78. The van der Waals surface area contributed by atoms with Crippen molar-refractivity contribution in [3.63, 3.8) is 0 Å².